The van der Waals surface area contributed by atoms with Gasteiger partial charge in [0.1, 0.15) is 0 Å². The van der Waals surface area contributed by atoms with Gasteiger partial charge in [-0.25, -0.2) is 0 Å². The van der Waals surface area contributed by atoms with Crippen LogP contribution in [0.1, 0.15) is 33.4 Å². The van der Waals surface area contributed by atoms with E-state index in [2.05, 4.69) is 293 Å². The molecule has 7 aromatic carbocycles. The second-order valence-electron chi connectivity index (χ2n) is 16.0. The zero-order chi connectivity index (χ0) is 52.5. The zero-order valence-corrected chi connectivity index (χ0v) is 54.1. The SMILES string of the molecule is C=CC=Cc1ccc([S][Sb]([S]c2ccc(C=CC=C)cc2)[c]2c[c]([Sb]([S]c3ccc(C=CC=C)cc3)[S]c3ccc(C=CC=C)cc3)c[c]([Sb]([S]c3ccc(C=CC=C)cc3)[S]c3ccc(C=CC=C)cc3)c2)cc1. The minimum atomic E-state index is -2.58. The predicted octanol–water partition coefficient (Wildman–Crippen LogP) is 18.7. The first kappa shape index (κ1) is 58.7. The summed E-state index contributed by atoms with van der Waals surface area (Å²) in [4.78, 5) is 7.80. The second kappa shape index (κ2) is 32.7. The molecule has 0 saturated heterocycles. The first-order valence-electron chi connectivity index (χ1n) is 23.8. The van der Waals surface area contributed by atoms with Crippen molar-refractivity contribution >= 4 is 152 Å². The summed E-state index contributed by atoms with van der Waals surface area (Å²) >= 11 is -7.75. The Labute approximate surface area is 485 Å². The Morgan fingerprint density at radius 1 is 0.227 bits per heavy atom. The molecule has 0 heterocycles. The van der Waals surface area contributed by atoms with E-state index in [0.29, 0.717) is 0 Å². The van der Waals surface area contributed by atoms with Crippen molar-refractivity contribution in [2.45, 2.75) is 29.4 Å². The van der Waals surface area contributed by atoms with Crippen LogP contribution in [0.5, 0.6) is 0 Å². The summed E-state index contributed by atoms with van der Waals surface area (Å²) in [6.07, 6.45) is 35.7. The van der Waals surface area contributed by atoms with E-state index in [1.807, 2.05) is 72.9 Å². The van der Waals surface area contributed by atoms with Crippen molar-refractivity contribution in [3.8, 4) is 0 Å². The fraction of sp³-hybridized carbons (Fsp3) is 0. The molecule has 0 unspecified atom stereocenters. The molecule has 0 amide bonds. The van der Waals surface area contributed by atoms with E-state index in [0.717, 1.165) is 0 Å². The zero-order valence-electron chi connectivity index (χ0n) is 41.5. The van der Waals surface area contributed by atoms with Gasteiger partial charge in [-0.1, -0.05) is 0 Å². The van der Waals surface area contributed by atoms with Gasteiger partial charge in [-0.2, -0.15) is 0 Å². The van der Waals surface area contributed by atoms with Crippen LogP contribution in [-0.2, 0) is 0 Å². The third-order valence-corrected chi connectivity index (χ3v) is 57.0. The van der Waals surface area contributed by atoms with Crippen LogP contribution >= 0.6 is 53.1 Å². The van der Waals surface area contributed by atoms with Gasteiger partial charge in [-0.15, -0.1) is 0 Å². The molecule has 0 saturated carbocycles. The summed E-state index contributed by atoms with van der Waals surface area (Å²) in [7, 11) is 12.7. The molecule has 0 aliphatic rings. The van der Waals surface area contributed by atoms with E-state index < -0.39 is 52.2 Å². The molecule has 0 aliphatic carbocycles. The maximum atomic E-state index is 3.90. The summed E-state index contributed by atoms with van der Waals surface area (Å²) in [6.45, 7) is 23.4. The molecule has 0 atom stereocenters. The molecule has 0 aromatic heterocycles. The molecule has 0 aliphatic heterocycles. The van der Waals surface area contributed by atoms with Crippen LogP contribution in [0.15, 0.2) is 306 Å². The van der Waals surface area contributed by atoms with E-state index in [1.165, 1.54) is 73.3 Å². The van der Waals surface area contributed by atoms with Gasteiger partial charge in [-0.3, -0.25) is 0 Å². The van der Waals surface area contributed by atoms with E-state index in [-0.39, 0.29) is 0 Å². The van der Waals surface area contributed by atoms with Crippen molar-refractivity contribution in [2.24, 2.45) is 0 Å². The topological polar surface area (TPSA) is 0 Å². The van der Waals surface area contributed by atoms with Gasteiger partial charge < -0.3 is 0 Å². The van der Waals surface area contributed by atoms with Gasteiger partial charge in [-0.05, 0) is 0 Å². The Kier molecular flexibility index (Phi) is 25.5. The van der Waals surface area contributed by atoms with E-state index in [4.69, 9.17) is 0 Å². The predicted molar refractivity (Wildman–Crippen MR) is 352 cm³/mol. The monoisotopic (exact) mass is 1400 g/mol. The van der Waals surface area contributed by atoms with Crippen LogP contribution in [0.25, 0.3) is 36.5 Å². The summed E-state index contributed by atoms with van der Waals surface area (Å²) in [5, 5.41) is 0. The molecular weight excluding hydrogens is 1350 g/mol. The number of allylic oxidation sites excluding steroid dienone is 12. The van der Waals surface area contributed by atoms with Gasteiger partial charge in [0.05, 0.1) is 0 Å². The molecule has 0 N–H and O–H groups in total. The first-order chi connectivity index (χ1) is 36.8. The average molecular weight is 1410 g/mol. The van der Waals surface area contributed by atoms with Crippen LogP contribution in [0.2, 0.25) is 0 Å². The Morgan fingerprint density at radius 3 is 0.507 bits per heavy atom. The number of hydrogen-bond acceptors (Lipinski definition) is 6. The van der Waals surface area contributed by atoms with Gasteiger partial charge >= 0.3 is 491 Å². The van der Waals surface area contributed by atoms with E-state index >= 15 is 0 Å². The third-order valence-electron chi connectivity index (χ3n) is 10.5. The summed E-state index contributed by atoms with van der Waals surface area (Å²) in [5.74, 6) is 0. The van der Waals surface area contributed by atoms with Gasteiger partial charge in [0, 0.05) is 0 Å². The van der Waals surface area contributed by atoms with Crippen molar-refractivity contribution < 1.29 is 0 Å². The number of hydrogen-bond donors (Lipinski definition) is 0. The summed E-state index contributed by atoms with van der Waals surface area (Å²) in [5.41, 5.74) is 7.01. The Balaban J connectivity index is 1.42. The molecule has 7 rings (SSSR count). The van der Waals surface area contributed by atoms with E-state index in [9.17, 15) is 0 Å². The van der Waals surface area contributed by atoms with Crippen LogP contribution in [0.3, 0.4) is 0 Å². The van der Waals surface area contributed by atoms with Crippen molar-refractivity contribution in [3.05, 3.63) is 310 Å². The molecule has 372 valence electrons. The van der Waals surface area contributed by atoms with Crippen molar-refractivity contribution in [3.63, 3.8) is 0 Å². The summed E-state index contributed by atoms with van der Waals surface area (Å²) in [6, 6.07) is 62.5. The summed E-state index contributed by atoms with van der Waals surface area (Å²) < 4.78 is 4.55. The van der Waals surface area contributed by atoms with Crippen molar-refractivity contribution in [1.82, 2.24) is 0 Å². The van der Waals surface area contributed by atoms with E-state index in [1.54, 1.807) is 0 Å². The third kappa shape index (κ3) is 19.7. The van der Waals surface area contributed by atoms with Gasteiger partial charge in [0.25, 0.3) is 0 Å². The van der Waals surface area contributed by atoms with Crippen molar-refractivity contribution in [1.29, 1.82) is 0 Å². The molecule has 75 heavy (non-hydrogen) atoms. The molecule has 0 spiro atoms. The molecule has 0 nitrogen and oxygen atoms in total. The van der Waals surface area contributed by atoms with Crippen LogP contribution in [-0.4, -0.2) is 52.2 Å². The average Bonchev–Trinajstić information content (AvgIpc) is 3.45. The number of rotatable bonds is 27. The first-order valence-corrected chi connectivity index (χ1v) is 51.1. The van der Waals surface area contributed by atoms with Gasteiger partial charge in [0.2, 0.25) is 0 Å². The normalized spacial score (nSPS) is 11.9. The van der Waals surface area contributed by atoms with Crippen LogP contribution in [0, 0.1) is 0 Å². The van der Waals surface area contributed by atoms with Crippen LogP contribution in [0.4, 0.5) is 0 Å². The fourth-order valence-electron chi connectivity index (χ4n) is 6.76. The molecule has 0 fully saturated rings. The van der Waals surface area contributed by atoms with Gasteiger partial charge in [0.15, 0.2) is 0 Å². The minimum absolute atomic E-state index is 1.17. The quantitative estimate of drug-likeness (QED) is 0.0369. The molecule has 9 heteroatoms. The Hall–Kier alpha value is -4.03. The Bertz CT molecular complexity index is 2640. The molecule has 0 radical (unpaired) electrons. The fourth-order valence-corrected chi connectivity index (χ4v) is 56.4. The number of benzene rings is 7. The molecular formula is C66H57S6Sb3. The van der Waals surface area contributed by atoms with Crippen molar-refractivity contribution in [2.75, 3.05) is 0 Å². The molecule has 0 bridgehead atoms. The Morgan fingerprint density at radius 2 is 0.373 bits per heavy atom. The van der Waals surface area contributed by atoms with Crippen LogP contribution < -0.4 is 10.5 Å². The molecule has 7 aromatic rings. The standard InChI is InChI=1S/6C10H10S.C6H3.3Sb/c6*1-2-3-4-9-5-7-10(11)8-6-9;1-2-4-6-5-3-1;;;/h6*2-8,11H,1H2;1,4-5H;;;/q;;;;;;;3*+2/p-6. The maximum absolute atomic E-state index is 3.90. The second-order valence-corrected chi connectivity index (χ2v) is 57.5.